The van der Waals surface area contributed by atoms with Gasteiger partial charge in [0.05, 0.1) is 22.2 Å². The van der Waals surface area contributed by atoms with Crippen LogP contribution in [0.1, 0.15) is 122 Å². The van der Waals surface area contributed by atoms with Gasteiger partial charge in [-0.3, -0.25) is 0 Å². The highest BCUT2D eigenvalue weighted by Gasteiger charge is 2.49. The van der Waals surface area contributed by atoms with E-state index in [1.54, 1.807) is 0 Å². The van der Waals surface area contributed by atoms with Crippen LogP contribution in [-0.4, -0.2) is 0 Å². The Balaban J connectivity index is 0.688. The highest BCUT2D eigenvalue weighted by Crippen LogP contribution is 2.62. The summed E-state index contributed by atoms with van der Waals surface area (Å²) in [5.74, 6) is 0. The maximum Gasteiger partial charge on any atom is 0.0714 e. The van der Waals surface area contributed by atoms with Gasteiger partial charge in [0.2, 0.25) is 0 Å². The van der Waals surface area contributed by atoms with E-state index in [0.29, 0.717) is 0 Å². The van der Waals surface area contributed by atoms with E-state index in [0.717, 1.165) is 45.3 Å². The standard InChI is InChI=1S/C121H94N2/c1-77-35-25-26-50-96(77)105-70-87(68-80(4)116(105)122(92-58-63-101-97-51-27-30-54-107(97)118(6,7)111(101)73-92)94-60-65-103-98-52-28-31-55-108(98)120(113(103)75-94,88-42-17-11-18-43-88)89-44-19-12-20-45-89)84-41-34-40-83(69-84)85-57-62-100-102-64-59-93(74-112(102)119(8,9)110(100)72-85)123(117-81(5)67-86(82-38-15-10-16-39-82)71-106(117)115-78(2)36-33-37-79(115)3)95-61-66-104-99-53-29-32-56-109(99)121(114(104)76-95,90-46-21-13-22-47-90)91-48-23-14-24-49-91/h10-76H,1-9H3. The SMILES string of the molecule is Cc1ccccc1-c1cc(-c2cccc(-c3ccc4c(c3)C(C)(C)c3cc(N(c5ccc6c(c5)C(c5ccccc5)(c5ccccc5)c5ccccc5-6)c5c(C)cc(-c6ccccc6)cc5-c5c(C)cccc5C)ccc3-4)c2)cc(C)c1N(c1ccc2c(c1)C(C)(C)c1ccccc1-2)c1ccc2c(c1)C(c1ccccc1)(c1ccccc1)c1ccccc1-2. The number of fused-ring (bicyclic) bond motifs is 12. The first kappa shape index (κ1) is 74.8. The van der Waals surface area contributed by atoms with Gasteiger partial charge in [0.15, 0.2) is 0 Å². The Bertz CT molecular complexity index is 7190. The minimum Gasteiger partial charge on any atom is -0.310 e. The Morgan fingerprint density at radius 3 is 0.935 bits per heavy atom. The molecule has 0 aromatic heterocycles. The maximum absolute atomic E-state index is 2.61. The first-order chi connectivity index (χ1) is 60.1. The van der Waals surface area contributed by atoms with E-state index >= 15 is 0 Å². The van der Waals surface area contributed by atoms with E-state index in [4.69, 9.17) is 0 Å². The van der Waals surface area contributed by atoms with Crippen LogP contribution in [0.25, 0.3) is 100 Å². The lowest BCUT2D eigenvalue weighted by molar-refractivity contribution is 0.660. The molecule has 4 aliphatic carbocycles. The molecule has 0 fully saturated rings. The third-order valence-electron chi connectivity index (χ3n) is 28.0. The molecule has 0 unspecified atom stereocenters. The van der Waals surface area contributed by atoms with Gasteiger partial charge in [-0.25, -0.2) is 0 Å². The zero-order valence-electron chi connectivity index (χ0n) is 71.1. The third-order valence-corrected chi connectivity index (χ3v) is 28.0. The normalized spacial score (nSPS) is 14.0. The van der Waals surface area contributed by atoms with Gasteiger partial charge in [0, 0.05) is 44.7 Å². The van der Waals surface area contributed by atoms with E-state index < -0.39 is 16.2 Å². The van der Waals surface area contributed by atoms with Gasteiger partial charge in [-0.1, -0.05) is 349 Å². The van der Waals surface area contributed by atoms with E-state index in [2.05, 4.69) is 479 Å². The predicted molar refractivity (Wildman–Crippen MR) is 516 cm³/mol. The molecule has 0 atom stereocenters. The molecule has 0 aliphatic heterocycles. The zero-order valence-corrected chi connectivity index (χ0v) is 71.1. The second-order valence-electron chi connectivity index (χ2n) is 35.6. The topological polar surface area (TPSA) is 6.48 Å². The second-order valence-corrected chi connectivity index (χ2v) is 35.6. The number of hydrogen-bond donors (Lipinski definition) is 0. The molecule has 2 heteroatoms. The molecule has 4 aliphatic rings. The van der Waals surface area contributed by atoms with Gasteiger partial charge in [0.1, 0.15) is 0 Å². The summed E-state index contributed by atoms with van der Waals surface area (Å²) in [6.45, 7) is 21.2. The number of aryl methyl sites for hydroxylation is 5. The van der Waals surface area contributed by atoms with E-state index in [1.807, 2.05) is 0 Å². The molecular weight excluding hydrogens is 1480 g/mol. The Morgan fingerprint density at radius 1 is 0.171 bits per heavy atom. The summed E-state index contributed by atoms with van der Waals surface area (Å²) in [6, 6.07) is 155. The minimum atomic E-state index is -0.609. The van der Waals surface area contributed by atoms with Crippen molar-refractivity contribution in [3.63, 3.8) is 0 Å². The number of rotatable bonds is 15. The molecular formula is C121H94N2. The average Bonchev–Trinajstić information content (AvgIpc) is 1.54. The molecule has 2 nitrogen and oxygen atoms in total. The van der Waals surface area contributed by atoms with Crippen molar-refractivity contribution in [2.75, 3.05) is 9.80 Å². The maximum atomic E-state index is 2.61. The van der Waals surface area contributed by atoms with Crippen LogP contribution in [0.3, 0.4) is 0 Å². The van der Waals surface area contributed by atoms with Gasteiger partial charge in [-0.05, 0) is 303 Å². The summed E-state index contributed by atoms with van der Waals surface area (Å²) < 4.78 is 0. The van der Waals surface area contributed by atoms with Crippen molar-refractivity contribution >= 4 is 34.1 Å². The molecule has 0 radical (unpaired) electrons. The molecule has 0 bridgehead atoms. The molecule has 22 rings (SSSR count). The lowest BCUT2D eigenvalue weighted by atomic mass is 9.67. The third kappa shape index (κ3) is 11.5. The Morgan fingerprint density at radius 2 is 0.472 bits per heavy atom. The number of benzene rings is 18. The Kier molecular flexibility index (Phi) is 17.6. The first-order valence-electron chi connectivity index (χ1n) is 43.5. The quantitative estimate of drug-likeness (QED) is 0.101. The van der Waals surface area contributed by atoms with Crippen LogP contribution in [0.4, 0.5) is 34.1 Å². The number of anilines is 6. The van der Waals surface area contributed by atoms with E-state index in [1.165, 1.54) is 184 Å². The van der Waals surface area contributed by atoms with Crippen molar-refractivity contribution < 1.29 is 0 Å². The lowest BCUT2D eigenvalue weighted by Crippen LogP contribution is -2.28. The smallest absolute Gasteiger partial charge is 0.0714 e. The van der Waals surface area contributed by atoms with Crippen molar-refractivity contribution in [3.8, 4) is 100 Å². The highest BCUT2D eigenvalue weighted by atomic mass is 15.2. The molecule has 18 aromatic carbocycles. The minimum absolute atomic E-state index is 0.237. The van der Waals surface area contributed by atoms with Gasteiger partial charge in [-0.15, -0.1) is 0 Å². The van der Waals surface area contributed by atoms with Crippen molar-refractivity contribution in [3.05, 3.63) is 501 Å². The van der Waals surface area contributed by atoms with Crippen molar-refractivity contribution in [2.45, 2.75) is 84.0 Å². The molecule has 0 heterocycles. The summed E-state index contributed by atoms with van der Waals surface area (Å²) in [7, 11) is 0. The second kappa shape index (κ2) is 28.9. The molecule has 0 spiro atoms. The Hall–Kier alpha value is -14.4. The predicted octanol–water partition coefficient (Wildman–Crippen LogP) is 31.8. The van der Waals surface area contributed by atoms with Crippen molar-refractivity contribution in [2.24, 2.45) is 0 Å². The summed E-state index contributed by atoms with van der Waals surface area (Å²) in [4.78, 5) is 5.22. The highest BCUT2D eigenvalue weighted by molar-refractivity contribution is 6.01. The monoisotopic (exact) mass is 1570 g/mol. The van der Waals surface area contributed by atoms with Crippen LogP contribution in [0, 0.1) is 34.6 Å². The van der Waals surface area contributed by atoms with Crippen LogP contribution in [0.15, 0.2) is 406 Å². The molecule has 0 saturated heterocycles. The molecule has 0 N–H and O–H groups in total. The van der Waals surface area contributed by atoms with Crippen LogP contribution in [0.2, 0.25) is 0 Å². The summed E-state index contributed by atoms with van der Waals surface area (Å²) in [5.41, 5.74) is 48.3. The summed E-state index contributed by atoms with van der Waals surface area (Å²) in [6.07, 6.45) is 0. The fourth-order valence-electron chi connectivity index (χ4n) is 22.3. The van der Waals surface area contributed by atoms with Gasteiger partial charge in [-0.2, -0.15) is 0 Å². The van der Waals surface area contributed by atoms with Crippen LogP contribution in [0.5, 0.6) is 0 Å². The lowest BCUT2D eigenvalue weighted by Gasteiger charge is -2.36. The van der Waals surface area contributed by atoms with Gasteiger partial charge >= 0.3 is 0 Å². The molecule has 588 valence electrons. The van der Waals surface area contributed by atoms with E-state index in [9.17, 15) is 0 Å². The number of hydrogen-bond acceptors (Lipinski definition) is 2. The largest absolute Gasteiger partial charge is 0.310 e. The van der Waals surface area contributed by atoms with Crippen LogP contribution in [-0.2, 0) is 21.7 Å². The first-order valence-corrected chi connectivity index (χ1v) is 43.5. The van der Waals surface area contributed by atoms with Crippen LogP contribution < -0.4 is 9.80 Å². The van der Waals surface area contributed by atoms with Crippen molar-refractivity contribution in [1.29, 1.82) is 0 Å². The summed E-state index contributed by atoms with van der Waals surface area (Å²) in [5, 5.41) is 0. The van der Waals surface area contributed by atoms with Gasteiger partial charge < -0.3 is 9.80 Å². The van der Waals surface area contributed by atoms with E-state index in [-0.39, 0.29) is 5.41 Å². The van der Waals surface area contributed by atoms with Crippen LogP contribution >= 0.6 is 0 Å². The molecule has 18 aromatic rings. The van der Waals surface area contributed by atoms with Crippen molar-refractivity contribution in [1.82, 2.24) is 0 Å². The molecule has 0 amide bonds. The van der Waals surface area contributed by atoms with Gasteiger partial charge in [0.25, 0.3) is 0 Å². The zero-order chi connectivity index (χ0) is 83.2. The summed E-state index contributed by atoms with van der Waals surface area (Å²) >= 11 is 0. The molecule has 123 heavy (non-hydrogen) atoms. The number of nitrogens with zero attached hydrogens (tertiary/aromatic N) is 2. The molecule has 0 saturated carbocycles. The Labute approximate surface area is 724 Å². The fourth-order valence-corrected chi connectivity index (χ4v) is 22.3. The fraction of sp³-hybridized carbons (Fsp3) is 0.107. The average molecular weight is 1580 g/mol.